The van der Waals surface area contributed by atoms with Gasteiger partial charge in [-0.25, -0.2) is 4.98 Å². The van der Waals surface area contributed by atoms with E-state index < -0.39 is 0 Å². The second-order valence-electron chi connectivity index (χ2n) is 3.76. The smallest absolute Gasteiger partial charge is 0.216 e. The highest BCUT2D eigenvalue weighted by atomic mass is 16.4. The second kappa shape index (κ2) is 3.44. The fourth-order valence-electron chi connectivity index (χ4n) is 1.27. The van der Waals surface area contributed by atoms with Crippen LogP contribution in [0.25, 0.3) is 0 Å². The Kier molecular flexibility index (Phi) is 2.27. The summed E-state index contributed by atoms with van der Waals surface area (Å²) in [5.41, 5.74) is 6.68. The highest BCUT2D eigenvalue weighted by Gasteiger charge is 2.25. The van der Waals surface area contributed by atoms with Gasteiger partial charge in [0.1, 0.15) is 12.3 Å². The number of hydrogen-bond acceptors (Lipinski definition) is 3. The molecule has 0 radical (unpaired) electrons. The fraction of sp³-hybridized carbons (Fsp3) is 0.600. The first-order valence-corrected chi connectivity index (χ1v) is 4.89. The molecule has 0 spiro atoms. The van der Waals surface area contributed by atoms with Gasteiger partial charge in [-0.2, -0.15) is 0 Å². The molecule has 2 rings (SSSR count). The van der Waals surface area contributed by atoms with Gasteiger partial charge in [-0.3, -0.25) is 4.99 Å². The Hall–Kier alpha value is -1.32. The Morgan fingerprint density at radius 3 is 2.79 bits per heavy atom. The molecule has 1 heterocycles. The average molecular weight is 193 g/mol. The zero-order valence-corrected chi connectivity index (χ0v) is 8.58. The van der Waals surface area contributed by atoms with Crippen LogP contribution in [0.4, 0.5) is 0 Å². The van der Waals surface area contributed by atoms with Crippen molar-refractivity contribution in [3.63, 3.8) is 0 Å². The molecule has 4 nitrogen and oxygen atoms in total. The minimum Gasteiger partial charge on any atom is -0.444 e. The molecule has 14 heavy (non-hydrogen) atoms. The second-order valence-corrected chi connectivity index (χ2v) is 3.76. The third-order valence-corrected chi connectivity index (χ3v) is 2.47. The van der Waals surface area contributed by atoms with Crippen LogP contribution < -0.4 is 5.73 Å². The van der Waals surface area contributed by atoms with Crippen molar-refractivity contribution in [2.45, 2.75) is 33.2 Å². The lowest BCUT2D eigenvalue weighted by Crippen LogP contribution is -2.14. The van der Waals surface area contributed by atoms with Gasteiger partial charge in [-0.05, 0) is 26.7 Å². The number of nitrogens with zero attached hydrogens (tertiary/aromatic N) is 2. The lowest BCUT2D eigenvalue weighted by atomic mass is 10.4. The summed E-state index contributed by atoms with van der Waals surface area (Å²) < 4.78 is 5.39. The molecule has 1 saturated carbocycles. The third kappa shape index (κ3) is 1.95. The van der Waals surface area contributed by atoms with Crippen LogP contribution in [0.15, 0.2) is 9.41 Å². The lowest BCUT2D eigenvalue weighted by molar-refractivity contribution is 0.473. The van der Waals surface area contributed by atoms with Gasteiger partial charge in [0.2, 0.25) is 5.89 Å². The summed E-state index contributed by atoms with van der Waals surface area (Å²) >= 11 is 0. The molecule has 76 valence electrons. The molecule has 1 aromatic heterocycles. The zero-order valence-electron chi connectivity index (χ0n) is 8.58. The zero-order chi connectivity index (χ0) is 10.1. The maximum atomic E-state index is 5.75. The van der Waals surface area contributed by atoms with Crippen LogP contribution in [0.2, 0.25) is 0 Å². The van der Waals surface area contributed by atoms with Gasteiger partial charge in [-0.1, -0.05) is 0 Å². The summed E-state index contributed by atoms with van der Waals surface area (Å²) in [6.45, 7) is 4.30. The molecule has 0 amide bonds. The van der Waals surface area contributed by atoms with Gasteiger partial charge in [0.05, 0.1) is 11.5 Å². The standard InChI is InChI=1S/C10H15N3O/c1-6-7(2)14-9(13-6)5-12-10(11)8-3-4-8/h8H,3-5H2,1-2H3,(H2,11,12). The summed E-state index contributed by atoms with van der Waals surface area (Å²) in [5, 5.41) is 0. The Morgan fingerprint density at radius 2 is 2.29 bits per heavy atom. The molecule has 0 atom stereocenters. The number of nitrogens with two attached hydrogens (primary N) is 1. The predicted molar refractivity (Wildman–Crippen MR) is 54.0 cm³/mol. The molecular weight excluding hydrogens is 178 g/mol. The van der Waals surface area contributed by atoms with Crippen molar-refractivity contribution in [2.24, 2.45) is 16.6 Å². The number of oxazole rings is 1. The molecule has 4 heteroatoms. The van der Waals surface area contributed by atoms with Crippen molar-refractivity contribution >= 4 is 5.84 Å². The molecule has 1 aromatic rings. The van der Waals surface area contributed by atoms with Crippen molar-refractivity contribution in [3.8, 4) is 0 Å². The average Bonchev–Trinajstić information content (AvgIpc) is 2.92. The number of aryl methyl sites for hydroxylation is 2. The maximum Gasteiger partial charge on any atom is 0.216 e. The van der Waals surface area contributed by atoms with E-state index in [2.05, 4.69) is 9.98 Å². The molecule has 0 aliphatic heterocycles. The summed E-state index contributed by atoms with van der Waals surface area (Å²) in [6, 6.07) is 0. The quantitative estimate of drug-likeness (QED) is 0.585. The van der Waals surface area contributed by atoms with E-state index >= 15 is 0 Å². The van der Waals surface area contributed by atoms with E-state index in [1.54, 1.807) is 0 Å². The largest absolute Gasteiger partial charge is 0.444 e. The molecule has 1 fully saturated rings. The van der Waals surface area contributed by atoms with Gasteiger partial charge < -0.3 is 10.2 Å². The molecular formula is C10H15N3O. The van der Waals surface area contributed by atoms with Crippen LogP contribution in [0, 0.1) is 19.8 Å². The van der Waals surface area contributed by atoms with Gasteiger partial charge >= 0.3 is 0 Å². The van der Waals surface area contributed by atoms with Crippen molar-refractivity contribution in [2.75, 3.05) is 0 Å². The molecule has 1 aliphatic carbocycles. The summed E-state index contributed by atoms with van der Waals surface area (Å²) in [5.74, 6) is 2.79. The Labute approximate surface area is 83.2 Å². The van der Waals surface area contributed by atoms with E-state index in [1.165, 1.54) is 12.8 Å². The van der Waals surface area contributed by atoms with Crippen molar-refractivity contribution in [3.05, 3.63) is 17.3 Å². The fourth-order valence-corrected chi connectivity index (χ4v) is 1.27. The summed E-state index contributed by atoms with van der Waals surface area (Å²) in [6.07, 6.45) is 2.36. The van der Waals surface area contributed by atoms with E-state index in [9.17, 15) is 0 Å². The van der Waals surface area contributed by atoms with Gasteiger partial charge in [0.25, 0.3) is 0 Å². The lowest BCUT2D eigenvalue weighted by Gasteiger charge is -1.94. The van der Waals surface area contributed by atoms with Gasteiger partial charge in [0.15, 0.2) is 0 Å². The minimum atomic E-state index is 0.469. The van der Waals surface area contributed by atoms with Crippen molar-refractivity contribution in [1.82, 2.24) is 4.98 Å². The third-order valence-electron chi connectivity index (χ3n) is 2.47. The first-order valence-electron chi connectivity index (χ1n) is 4.89. The van der Waals surface area contributed by atoms with Crippen LogP contribution in [0.3, 0.4) is 0 Å². The molecule has 0 bridgehead atoms. The van der Waals surface area contributed by atoms with Crippen LogP contribution in [-0.2, 0) is 6.54 Å². The Morgan fingerprint density at radius 1 is 1.57 bits per heavy atom. The molecule has 0 saturated heterocycles. The maximum absolute atomic E-state index is 5.75. The van der Waals surface area contributed by atoms with Gasteiger partial charge in [-0.15, -0.1) is 0 Å². The molecule has 0 aromatic carbocycles. The number of aliphatic imine (C=N–C) groups is 1. The SMILES string of the molecule is Cc1nc(CN=C(N)C2CC2)oc1C. The summed E-state index contributed by atoms with van der Waals surface area (Å²) in [7, 11) is 0. The van der Waals surface area contributed by atoms with E-state index in [4.69, 9.17) is 10.2 Å². The van der Waals surface area contributed by atoms with E-state index in [0.717, 1.165) is 17.3 Å². The van der Waals surface area contributed by atoms with Crippen LogP contribution in [0.5, 0.6) is 0 Å². The first-order chi connectivity index (χ1) is 6.66. The molecule has 0 unspecified atom stereocenters. The van der Waals surface area contributed by atoms with Crippen LogP contribution in [0.1, 0.15) is 30.2 Å². The monoisotopic (exact) mass is 193 g/mol. The molecule has 2 N–H and O–H groups in total. The van der Waals surface area contributed by atoms with Gasteiger partial charge in [0, 0.05) is 5.92 Å². The number of hydrogen-bond donors (Lipinski definition) is 1. The van der Waals surface area contributed by atoms with E-state index in [0.29, 0.717) is 18.4 Å². The minimum absolute atomic E-state index is 0.469. The number of rotatable bonds is 3. The Bertz CT molecular complexity index is 344. The van der Waals surface area contributed by atoms with E-state index in [1.807, 2.05) is 13.8 Å². The van der Waals surface area contributed by atoms with Crippen molar-refractivity contribution in [1.29, 1.82) is 0 Å². The van der Waals surface area contributed by atoms with Crippen molar-refractivity contribution < 1.29 is 4.42 Å². The van der Waals surface area contributed by atoms with Crippen LogP contribution >= 0.6 is 0 Å². The summed E-state index contributed by atoms with van der Waals surface area (Å²) in [4.78, 5) is 8.48. The number of aromatic nitrogens is 1. The highest BCUT2D eigenvalue weighted by Crippen LogP contribution is 2.28. The first kappa shape index (κ1) is 9.24. The highest BCUT2D eigenvalue weighted by molar-refractivity contribution is 5.84. The normalized spacial score (nSPS) is 17.4. The van der Waals surface area contributed by atoms with E-state index in [-0.39, 0.29) is 0 Å². The number of amidine groups is 1. The molecule has 1 aliphatic rings. The predicted octanol–water partition coefficient (Wildman–Crippen LogP) is 1.56. The van der Waals surface area contributed by atoms with Crippen LogP contribution in [-0.4, -0.2) is 10.8 Å². The topological polar surface area (TPSA) is 64.4 Å². The Balaban J connectivity index is 2.00.